The van der Waals surface area contributed by atoms with Gasteiger partial charge in [-0.3, -0.25) is 9.98 Å². The summed E-state index contributed by atoms with van der Waals surface area (Å²) in [5, 5.41) is 1.13. The summed E-state index contributed by atoms with van der Waals surface area (Å²) >= 11 is 0. The van der Waals surface area contributed by atoms with E-state index in [-0.39, 0.29) is 0 Å². The zero-order valence-electron chi connectivity index (χ0n) is 22.7. The van der Waals surface area contributed by atoms with Gasteiger partial charge >= 0.3 is 0 Å². The summed E-state index contributed by atoms with van der Waals surface area (Å²) in [6, 6.07) is 14.2. The molecule has 0 saturated carbocycles. The second-order valence-corrected chi connectivity index (χ2v) is 7.70. The van der Waals surface area contributed by atoms with Crippen LogP contribution in [0.2, 0.25) is 0 Å². The SMILES string of the molecule is C=C/C(=C\C=C\OCc1ccc2ccccc2n1)CN=C/C=C\CN1CCc2ccncc21.CC.CC. The first-order valence-corrected chi connectivity index (χ1v) is 13.1. The predicted molar refractivity (Wildman–Crippen MR) is 159 cm³/mol. The first-order valence-electron chi connectivity index (χ1n) is 13.1. The van der Waals surface area contributed by atoms with Crippen LogP contribution in [0.25, 0.3) is 10.9 Å². The standard InChI is InChI=1S/C28H28N4O.2C2H6/c1-2-23(8-7-19-33-22-26-12-11-24-9-3-4-10-27(24)31-26)20-29-15-5-6-17-32-18-14-25-13-16-30-21-28(25)32;2*1-2/h2-13,15-16,19,21H,1,14,17-18,20,22H2;2*1-2H3/b6-5-,19-7+,23-8+,29-15?;;. The van der Waals surface area contributed by atoms with E-state index in [0.29, 0.717) is 13.2 Å². The topological polar surface area (TPSA) is 50.6 Å². The number of fused-ring (bicyclic) bond motifs is 2. The number of allylic oxidation sites excluding steroid dienone is 3. The Bertz CT molecular complexity index is 1210. The van der Waals surface area contributed by atoms with E-state index in [2.05, 4.69) is 50.7 Å². The van der Waals surface area contributed by atoms with E-state index in [1.165, 1.54) is 11.3 Å². The van der Waals surface area contributed by atoms with Crippen molar-refractivity contribution in [3.05, 3.63) is 115 Å². The number of pyridine rings is 2. The molecule has 0 aliphatic carbocycles. The molecule has 5 nitrogen and oxygen atoms in total. The number of hydrogen-bond acceptors (Lipinski definition) is 5. The second-order valence-electron chi connectivity index (χ2n) is 7.70. The highest BCUT2D eigenvalue weighted by molar-refractivity contribution is 5.78. The molecule has 4 rings (SSSR count). The highest BCUT2D eigenvalue weighted by Gasteiger charge is 2.16. The average Bonchev–Trinajstić information content (AvgIpc) is 3.38. The minimum Gasteiger partial charge on any atom is -0.495 e. The number of aromatic nitrogens is 2. The molecule has 3 aromatic rings. The van der Waals surface area contributed by atoms with E-state index in [1.807, 2.05) is 94.9 Å². The molecule has 0 amide bonds. The van der Waals surface area contributed by atoms with E-state index < -0.39 is 0 Å². The molecular formula is C32H40N4O. The van der Waals surface area contributed by atoms with Crippen molar-refractivity contribution in [1.82, 2.24) is 9.97 Å². The molecule has 0 saturated heterocycles. The van der Waals surface area contributed by atoms with E-state index >= 15 is 0 Å². The van der Waals surface area contributed by atoms with Gasteiger partial charge in [0.1, 0.15) is 6.61 Å². The van der Waals surface area contributed by atoms with E-state index in [9.17, 15) is 0 Å². The fourth-order valence-electron chi connectivity index (χ4n) is 3.67. The van der Waals surface area contributed by atoms with Gasteiger partial charge in [-0.2, -0.15) is 0 Å². The maximum atomic E-state index is 5.61. The van der Waals surface area contributed by atoms with Crippen LogP contribution in [0.4, 0.5) is 5.69 Å². The zero-order valence-corrected chi connectivity index (χ0v) is 22.7. The molecule has 0 fully saturated rings. The normalized spacial score (nSPS) is 12.9. The summed E-state index contributed by atoms with van der Waals surface area (Å²) in [5.41, 5.74) is 5.50. The molecule has 1 aromatic carbocycles. The van der Waals surface area contributed by atoms with Crippen LogP contribution in [-0.4, -0.2) is 35.8 Å². The van der Waals surface area contributed by atoms with Gasteiger partial charge in [-0.05, 0) is 47.9 Å². The zero-order chi connectivity index (χ0) is 26.7. The lowest BCUT2D eigenvalue weighted by Gasteiger charge is -2.15. The molecule has 0 bridgehead atoms. The molecule has 0 radical (unpaired) electrons. The Hall–Kier alpha value is -3.99. The third kappa shape index (κ3) is 9.53. The number of hydrogen-bond donors (Lipinski definition) is 0. The minimum atomic E-state index is 0.430. The summed E-state index contributed by atoms with van der Waals surface area (Å²) in [6.07, 6.45) is 18.1. The van der Waals surface area contributed by atoms with E-state index in [1.54, 1.807) is 6.26 Å². The van der Waals surface area contributed by atoms with E-state index in [4.69, 9.17) is 4.74 Å². The second kappa shape index (κ2) is 17.4. The summed E-state index contributed by atoms with van der Waals surface area (Å²) in [4.78, 5) is 15.6. The number of ether oxygens (including phenoxy) is 1. The maximum absolute atomic E-state index is 5.61. The molecule has 0 spiro atoms. The Morgan fingerprint density at radius 1 is 1.08 bits per heavy atom. The van der Waals surface area contributed by atoms with Crippen molar-refractivity contribution >= 4 is 22.8 Å². The lowest BCUT2D eigenvalue weighted by atomic mass is 10.2. The summed E-state index contributed by atoms with van der Waals surface area (Å²) in [6.45, 7) is 14.8. The third-order valence-corrected chi connectivity index (χ3v) is 5.44. The van der Waals surface area contributed by atoms with Gasteiger partial charge in [0.25, 0.3) is 0 Å². The van der Waals surface area contributed by atoms with Crippen molar-refractivity contribution in [2.24, 2.45) is 4.99 Å². The number of rotatable bonds is 10. The molecule has 194 valence electrons. The fourth-order valence-corrected chi connectivity index (χ4v) is 3.67. The Morgan fingerprint density at radius 2 is 1.92 bits per heavy atom. The lowest BCUT2D eigenvalue weighted by Crippen LogP contribution is -2.20. The van der Waals surface area contributed by atoms with Crippen LogP contribution >= 0.6 is 0 Å². The highest BCUT2D eigenvalue weighted by Crippen LogP contribution is 2.25. The molecule has 2 aromatic heterocycles. The van der Waals surface area contributed by atoms with Crippen molar-refractivity contribution in [3.63, 3.8) is 0 Å². The van der Waals surface area contributed by atoms with E-state index in [0.717, 1.165) is 41.7 Å². The number of nitrogens with zero attached hydrogens (tertiary/aromatic N) is 4. The van der Waals surface area contributed by atoms with Crippen LogP contribution in [0.1, 0.15) is 39.0 Å². The van der Waals surface area contributed by atoms with Gasteiger partial charge in [0.05, 0.1) is 35.9 Å². The van der Waals surface area contributed by atoms with Crippen LogP contribution in [0.15, 0.2) is 109 Å². The van der Waals surface area contributed by atoms with Gasteiger partial charge in [0, 0.05) is 30.9 Å². The highest BCUT2D eigenvalue weighted by atomic mass is 16.5. The Labute approximate surface area is 222 Å². The Morgan fingerprint density at radius 3 is 2.76 bits per heavy atom. The van der Waals surface area contributed by atoms with Crippen LogP contribution in [0, 0.1) is 0 Å². The number of anilines is 1. The molecule has 37 heavy (non-hydrogen) atoms. The minimum absolute atomic E-state index is 0.430. The van der Waals surface area contributed by atoms with Crippen LogP contribution in [0.3, 0.4) is 0 Å². The van der Waals surface area contributed by atoms with Gasteiger partial charge < -0.3 is 9.64 Å². The summed E-state index contributed by atoms with van der Waals surface area (Å²) < 4.78 is 5.61. The van der Waals surface area contributed by atoms with Crippen molar-refractivity contribution in [2.75, 3.05) is 24.5 Å². The van der Waals surface area contributed by atoms with Crippen molar-refractivity contribution in [1.29, 1.82) is 0 Å². The van der Waals surface area contributed by atoms with Crippen molar-refractivity contribution in [2.45, 2.75) is 40.7 Å². The van der Waals surface area contributed by atoms with Gasteiger partial charge in [-0.1, -0.05) is 76.8 Å². The van der Waals surface area contributed by atoms with Gasteiger partial charge in [0.15, 0.2) is 0 Å². The first-order chi connectivity index (χ1) is 18.3. The monoisotopic (exact) mass is 496 g/mol. The number of aliphatic imine (C=N–C) groups is 1. The molecule has 1 aliphatic rings. The molecule has 5 heteroatoms. The quantitative estimate of drug-likeness (QED) is 0.165. The lowest BCUT2D eigenvalue weighted by molar-refractivity contribution is 0.233. The molecule has 0 atom stereocenters. The van der Waals surface area contributed by atoms with Gasteiger partial charge in [-0.15, -0.1) is 0 Å². The summed E-state index contributed by atoms with van der Waals surface area (Å²) in [5.74, 6) is 0. The Kier molecular flexibility index (Phi) is 13.8. The summed E-state index contributed by atoms with van der Waals surface area (Å²) in [7, 11) is 0. The molecular weight excluding hydrogens is 456 g/mol. The first kappa shape index (κ1) is 29.2. The van der Waals surface area contributed by atoms with Crippen molar-refractivity contribution in [3.8, 4) is 0 Å². The average molecular weight is 497 g/mol. The van der Waals surface area contributed by atoms with Crippen molar-refractivity contribution < 1.29 is 4.74 Å². The predicted octanol–water partition coefficient (Wildman–Crippen LogP) is 7.51. The maximum Gasteiger partial charge on any atom is 0.129 e. The van der Waals surface area contributed by atoms with Gasteiger partial charge in [0.2, 0.25) is 0 Å². The molecule has 3 heterocycles. The Balaban J connectivity index is 0.00000115. The number of para-hydroxylation sites is 1. The largest absolute Gasteiger partial charge is 0.495 e. The molecule has 0 unspecified atom stereocenters. The fraction of sp³-hybridized carbons (Fsp3) is 0.281. The van der Waals surface area contributed by atoms with Crippen LogP contribution in [-0.2, 0) is 17.8 Å². The number of benzene rings is 1. The van der Waals surface area contributed by atoms with Crippen LogP contribution < -0.4 is 4.90 Å². The van der Waals surface area contributed by atoms with Crippen LogP contribution in [0.5, 0.6) is 0 Å². The molecule has 1 aliphatic heterocycles. The van der Waals surface area contributed by atoms with Gasteiger partial charge in [-0.25, -0.2) is 4.98 Å². The molecule has 0 N–H and O–H groups in total. The third-order valence-electron chi connectivity index (χ3n) is 5.44. The smallest absolute Gasteiger partial charge is 0.129 e.